The monoisotopic (exact) mass is 386 g/mol. The number of aromatic nitrogens is 2. The van der Waals surface area contributed by atoms with E-state index in [0.717, 1.165) is 12.0 Å². The third-order valence-corrected chi connectivity index (χ3v) is 5.05. The van der Waals surface area contributed by atoms with E-state index in [0.29, 0.717) is 24.6 Å². The van der Waals surface area contributed by atoms with Crippen molar-refractivity contribution in [3.05, 3.63) is 78.6 Å². The van der Waals surface area contributed by atoms with E-state index in [1.165, 1.54) is 5.56 Å². The van der Waals surface area contributed by atoms with Gasteiger partial charge in [0.2, 0.25) is 11.8 Å². The van der Waals surface area contributed by atoms with Crippen LogP contribution in [0.1, 0.15) is 12.0 Å². The SMILES string of the molecule is O=C(Nc1cnc(-c2ccccc2)nc1)C1CC(=O)N(CCc2ccccc2)C1. The number of nitrogens with one attached hydrogen (secondary N) is 1. The highest BCUT2D eigenvalue weighted by Gasteiger charge is 2.34. The fraction of sp³-hybridized carbons (Fsp3) is 0.217. The van der Waals surface area contributed by atoms with E-state index >= 15 is 0 Å². The zero-order valence-electron chi connectivity index (χ0n) is 16.0. The lowest BCUT2D eigenvalue weighted by molar-refractivity contribution is -0.128. The van der Waals surface area contributed by atoms with Gasteiger partial charge in [-0.3, -0.25) is 9.59 Å². The summed E-state index contributed by atoms with van der Waals surface area (Å²) >= 11 is 0. The Hall–Kier alpha value is -3.54. The minimum absolute atomic E-state index is 0.0248. The standard InChI is InChI=1S/C23H22N4O2/c28-21-13-19(16-27(21)12-11-17-7-3-1-4-8-17)23(29)26-20-14-24-22(25-15-20)18-9-5-2-6-10-18/h1-10,14-15,19H,11-13,16H2,(H,26,29). The number of hydrogen-bond donors (Lipinski definition) is 1. The molecule has 1 fully saturated rings. The zero-order chi connectivity index (χ0) is 20.1. The number of carbonyl (C=O) groups is 2. The van der Waals surface area contributed by atoms with Gasteiger partial charge >= 0.3 is 0 Å². The van der Waals surface area contributed by atoms with Crippen molar-refractivity contribution in [2.24, 2.45) is 5.92 Å². The Labute approximate surface area is 169 Å². The van der Waals surface area contributed by atoms with Crippen molar-refractivity contribution >= 4 is 17.5 Å². The molecule has 0 radical (unpaired) electrons. The van der Waals surface area contributed by atoms with Crippen molar-refractivity contribution in [2.45, 2.75) is 12.8 Å². The first-order valence-corrected chi connectivity index (χ1v) is 9.69. The molecule has 0 bridgehead atoms. The summed E-state index contributed by atoms with van der Waals surface area (Å²) in [6.07, 6.45) is 4.22. The maximum atomic E-state index is 12.6. The third kappa shape index (κ3) is 4.66. The highest BCUT2D eigenvalue weighted by Crippen LogP contribution is 2.21. The second-order valence-electron chi connectivity index (χ2n) is 7.13. The quantitative estimate of drug-likeness (QED) is 0.706. The molecule has 1 saturated heterocycles. The lowest BCUT2D eigenvalue weighted by Gasteiger charge is -2.16. The summed E-state index contributed by atoms with van der Waals surface area (Å²) in [5.74, 6) is 0.104. The van der Waals surface area contributed by atoms with Gasteiger partial charge in [-0.15, -0.1) is 0 Å². The smallest absolute Gasteiger partial charge is 0.229 e. The number of hydrogen-bond acceptors (Lipinski definition) is 4. The first kappa shape index (κ1) is 18.8. The van der Waals surface area contributed by atoms with Crippen LogP contribution in [-0.4, -0.2) is 39.8 Å². The fourth-order valence-electron chi connectivity index (χ4n) is 3.45. The van der Waals surface area contributed by atoms with Crippen LogP contribution in [0, 0.1) is 5.92 Å². The maximum Gasteiger partial charge on any atom is 0.229 e. The van der Waals surface area contributed by atoms with Crippen LogP contribution in [0.15, 0.2) is 73.1 Å². The maximum absolute atomic E-state index is 12.6. The number of rotatable bonds is 6. The normalized spacial score (nSPS) is 16.1. The Balaban J connectivity index is 1.32. The van der Waals surface area contributed by atoms with Crippen LogP contribution in [0.25, 0.3) is 11.4 Å². The van der Waals surface area contributed by atoms with Gasteiger partial charge in [0.1, 0.15) is 0 Å². The van der Waals surface area contributed by atoms with E-state index in [4.69, 9.17) is 0 Å². The second kappa shape index (κ2) is 8.65. The summed E-state index contributed by atoms with van der Waals surface area (Å²) in [4.78, 5) is 35.3. The number of carbonyl (C=O) groups excluding carboxylic acids is 2. The molecule has 0 spiro atoms. The van der Waals surface area contributed by atoms with Crippen LogP contribution in [0.2, 0.25) is 0 Å². The van der Waals surface area contributed by atoms with E-state index in [-0.39, 0.29) is 24.2 Å². The van der Waals surface area contributed by atoms with Gasteiger partial charge in [-0.25, -0.2) is 9.97 Å². The van der Waals surface area contributed by atoms with E-state index in [1.54, 1.807) is 17.3 Å². The van der Waals surface area contributed by atoms with Gasteiger partial charge in [-0.1, -0.05) is 60.7 Å². The average molecular weight is 386 g/mol. The predicted octanol–water partition coefficient (Wildman–Crippen LogP) is 3.17. The molecule has 1 aromatic heterocycles. The summed E-state index contributed by atoms with van der Waals surface area (Å²) in [6.45, 7) is 1.07. The third-order valence-electron chi connectivity index (χ3n) is 5.05. The number of likely N-dealkylation sites (tertiary alicyclic amines) is 1. The van der Waals surface area contributed by atoms with Crippen molar-refractivity contribution < 1.29 is 9.59 Å². The predicted molar refractivity (Wildman–Crippen MR) is 111 cm³/mol. The Bertz CT molecular complexity index is 975. The molecule has 1 N–H and O–H groups in total. The van der Waals surface area contributed by atoms with Crippen LogP contribution in [0.5, 0.6) is 0 Å². The second-order valence-corrected chi connectivity index (χ2v) is 7.13. The fourth-order valence-corrected chi connectivity index (χ4v) is 3.45. The lowest BCUT2D eigenvalue weighted by Crippen LogP contribution is -2.30. The van der Waals surface area contributed by atoms with Crippen molar-refractivity contribution in [3.8, 4) is 11.4 Å². The lowest BCUT2D eigenvalue weighted by atomic mass is 10.1. The molecule has 29 heavy (non-hydrogen) atoms. The van der Waals surface area contributed by atoms with Crippen LogP contribution < -0.4 is 5.32 Å². The first-order valence-electron chi connectivity index (χ1n) is 9.69. The molecule has 3 aromatic rings. The first-order chi connectivity index (χ1) is 14.2. The van der Waals surface area contributed by atoms with Gasteiger partial charge in [0.15, 0.2) is 5.82 Å². The summed E-state index contributed by atoms with van der Waals surface area (Å²) < 4.78 is 0. The average Bonchev–Trinajstić information content (AvgIpc) is 3.15. The van der Waals surface area contributed by atoms with Crippen LogP contribution in [0.4, 0.5) is 5.69 Å². The molecule has 1 aliphatic rings. The van der Waals surface area contributed by atoms with Crippen LogP contribution in [-0.2, 0) is 16.0 Å². The molecule has 2 aromatic carbocycles. The molecule has 0 aliphatic carbocycles. The minimum atomic E-state index is -0.355. The Kier molecular flexibility index (Phi) is 5.61. The molecule has 146 valence electrons. The molecular weight excluding hydrogens is 364 g/mol. The Morgan fingerprint density at radius 3 is 2.34 bits per heavy atom. The summed E-state index contributed by atoms with van der Waals surface area (Å²) in [5, 5.41) is 2.83. The Morgan fingerprint density at radius 1 is 1.00 bits per heavy atom. The van der Waals surface area contributed by atoms with E-state index in [9.17, 15) is 9.59 Å². The van der Waals surface area contributed by atoms with E-state index < -0.39 is 0 Å². The van der Waals surface area contributed by atoms with Gasteiger partial charge in [0.25, 0.3) is 0 Å². The van der Waals surface area contributed by atoms with Crippen LogP contribution >= 0.6 is 0 Å². The van der Waals surface area contributed by atoms with Gasteiger partial charge in [0.05, 0.1) is 24.0 Å². The van der Waals surface area contributed by atoms with E-state index in [2.05, 4.69) is 15.3 Å². The molecule has 6 nitrogen and oxygen atoms in total. The number of nitrogens with zero attached hydrogens (tertiary/aromatic N) is 3. The molecule has 0 saturated carbocycles. The molecule has 1 aliphatic heterocycles. The van der Waals surface area contributed by atoms with Crippen molar-refractivity contribution in [3.63, 3.8) is 0 Å². The van der Waals surface area contributed by atoms with Gasteiger partial charge in [0, 0.05) is 25.1 Å². The largest absolute Gasteiger partial charge is 0.342 e. The molecule has 1 atom stereocenters. The number of amides is 2. The van der Waals surface area contributed by atoms with Gasteiger partial charge in [-0.05, 0) is 12.0 Å². The summed E-state index contributed by atoms with van der Waals surface area (Å²) in [5.41, 5.74) is 2.63. The highest BCUT2D eigenvalue weighted by molar-refractivity contribution is 5.97. The topological polar surface area (TPSA) is 75.2 Å². The van der Waals surface area contributed by atoms with Gasteiger partial charge < -0.3 is 10.2 Å². The Morgan fingerprint density at radius 2 is 1.66 bits per heavy atom. The molecule has 2 amide bonds. The molecular formula is C23H22N4O2. The molecule has 2 heterocycles. The number of benzene rings is 2. The van der Waals surface area contributed by atoms with Crippen molar-refractivity contribution in [1.82, 2.24) is 14.9 Å². The van der Waals surface area contributed by atoms with E-state index in [1.807, 2.05) is 60.7 Å². The molecule has 6 heteroatoms. The van der Waals surface area contributed by atoms with Crippen molar-refractivity contribution in [2.75, 3.05) is 18.4 Å². The minimum Gasteiger partial charge on any atom is -0.342 e. The van der Waals surface area contributed by atoms with Crippen molar-refractivity contribution in [1.29, 1.82) is 0 Å². The number of anilines is 1. The summed E-state index contributed by atoms with van der Waals surface area (Å²) in [7, 11) is 0. The van der Waals surface area contributed by atoms with Gasteiger partial charge in [-0.2, -0.15) is 0 Å². The van der Waals surface area contributed by atoms with Crippen LogP contribution in [0.3, 0.4) is 0 Å². The zero-order valence-corrected chi connectivity index (χ0v) is 16.0. The summed E-state index contributed by atoms with van der Waals surface area (Å²) in [6, 6.07) is 19.7. The highest BCUT2D eigenvalue weighted by atomic mass is 16.2. The molecule has 4 rings (SSSR count). The molecule has 1 unspecified atom stereocenters.